The minimum atomic E-state index is -4.42. The summed E-state index contributed by atoms with van der Waals surface area (Å²) in [6.45, 7) is 0.269. The van der Waals surface area contributed by atoms with Gasteiger partial charge < -0.3 is 4.74 Å². The van der Waals surface area contributed by atoms with E-state index in [0.29, 0.717) is 17.7 Å². The third kappa shape index (κ3) is 5.27. The number of rotatable bonds is 5. The van der Waals surface area contributed by atoms with Crippen LogP contribution < -0.4 is 9.46 Å². The lowest BCUT2D eigenvalue weighted by Crippen LogP contribution is -2.44. The average molecular weight is 561 g/mol. The van der Waals surface area contributed by atoms with Gasteiger partial charge in [0.05, 0.1) is 17.4 Å². The molecule has 1 unspecified atom stereocenters. The first-order valence-electron chi connectivity index (χ1n) is 11.4. The summed E-state index contributed by atoms with van der Waals surface area (Å²) in [7, 11) is -3.98. The molecule has 1 N–H and O–H groups in total. The van der Waals surface area contributed by atoms with Crippen LogP contribution in [0.15, 0.2) is 47.6 Å². The van der Waals surface area contributed by atoms with E-state index in [4.69, 9.17) is 4.74 Å². The van der Waals surface area contributed by atoms with Gasteiger partial charge in [-0.15, -0.1) is 0 Å². The molecule has 37 heavy (non-hydrogen) atoms. The zero-order valence-electron chi connectivity index (χ0n) is 19.1. The summed E-state index contributed by atoms with van der Waals surface area (Å²) in [5.74, 6) is -3.50. The molecule has 0 saturated carbocycles. The maximum absolute atomic E-state index is 14.1. The van der Waals surface area contributed by atoms with Crippen molar-refractivity contribution in [2.24, 2.45) is 5.92 Å². The van der Waals surface area contributed by atoms with Gasteiger partial charge in [-0.1, -0.05) is 12.1 Å². The normalized spacial score (nSPS) is 22.8. The van der Waals surface area contributed by atoms with Gasteiger partial charge in [0.15, 0.2) is 11.6 Å². The first-order valence-corrected chi connectivity index (χ1v) is 13.6. The summed E-state index contributed by atoms with van der Waals surface area (Å²) in [6.07, 6.45) is -3.22. The topological polar surface area (TPSA) is 84.4 Å². The predicted octanol–water partition coefficient (Wildman–Crippen LogP) is 5.46. The molecule has 198 valence electrons. The van der Waals surface area contributed by atoms with Crippen molar-refractivity contribution >= 4 is 26.7 Å². The second-order valence-corrected chi connectivity index (χ2v) is 11.4. The summed E-state index contributed by atoms with van der Waals surface area (Å²) >= 11 is 0.875. The zero-order chi connectivity index (χ0) is 26.4. The van der Waals surface area contributed by atoms with Crippen LogP contribution in [0.2, 0.25) is 0 Å². The number of piperidine rings is 1. The Balaban J connectivity index is 1.48. The molecule has 5 rings (SSSR count). The number of anilines is 1. The quantitative estimate of drug-likeness (QED) is 0.418. The number of hydrogen-bond acceptors (Lipinski definition) is 7. The van der Waals surface area contributed by atoms with Gasteiger partial charge >= 0.3 is 6.18 Å². The molecule has 2 aliphatic heterocycles. The van der Waals surface area contributed by atoms with Crippen LogP contribution in [-0.2, 0) is 10.0 Å². The number of halogens is 5. The number of nitrogens with zero attached hydrogens (tertiary/aromatic N) is 3. The molecule has 0 amide bonds. The lowest BCUT2D eigenvalue weighted by atomic mass is 9.84. The molecule has 0 spiro atoms. The Morgan fingerprint density at radius 3 is 2.57 bits per heavy atom. The van der Waals surface area contributed by atoms with Crippen LogP contribution in [0.4, 0.5) is 27.1 Å². The van der Waals surface area contributed by atoms with Crippen LogP contribution in [0.5, 0.6) is 5.75 Å². The molecule has 3 aromatic rings. The maximum atomic E-state index is 14.1. The Hall–Kier alpha value is -2.84. The van der Waals surface area contributed by atoms with Crippen LogP contribution >= 0.6 is 11.5 Å². The largest absolute Gasteiger partial charge is 0.493 e. The number of benzene rings is 2. The van der Waals surface area contributed by atoms with Crippen LogP contribution in [-0.4, -0.2) is 42.0 Å². The number of aromatic nitrogens is 2. The highest BCUT2D eigenvalue weighted by atomic mass is 32.2. The lowest BCUT2D eigenvalue weighted by molar-refractivity contribution is -0.192. The zero-order valence-corrected chi connectivity index (χ0v) is 20.7. The second kappa shape index (κ2) is 9.80. The Kier molecular flexibility index (Phi) is 6.83. The monoisotopic (exact) mass is 560 g/mol. The van der Waals surface area contributed by atoms with Crippen LogP contribution in [0.1, 0.15) is 42.5 Å². The van der Waals surface area contributed by atoms with Crippen LogP contribution in [0.25, 0.3) is 0 Å². The Morgan fingerprint density at radius 2 is 1.86 bits per heavy atom. The van der Waals surface area contributed by atoms with Gasteiger partial charge in [-0.2, -0.15) is 17.5 Å². The number of sulfonamides is 1. The van der Waals surface area contributed by atoms with Gasteiger partial charge in [-0.05, 0) is 43.1 Å². The van der Waals surface area contributed by atoms with Crippen molar-refractivity contribution in [3.63, 3.8) is 0 Å². The summed E-state index contributed by atoms with van der Waals surface area (Å²) in [4.78, 5) is 5.59. The summed E-state index contributed by atoms with van der Waals surface area (Å²) < 4.78 is 106. The number of nitrogens with one attached hydrogen (secondary N) is 1. The molecule has 0 aliphatic carbocycles. The summed E-state index contributed by atoms with van der Waals surface area (Å²) in [5.41, 5.74) is 0.862. The van der Waals surface area contributed by atoms with Gasteiger partial charge in [0.1, 0.15) is 12.1 Å². The lowest BCUT2D eigenvalue weighted by Gasteiger charge is -2.46. The van der Waals surface area contributed by atoms with Gasteiger partial charge in [-0.3, -0.25) is 9.62 Å². The molecule has 1 fully saturated rings. The number of likely N-dealkylation sites (tertiary alicyclic amines) is 1. The third-order valence-electron chi connectivity index (χ3n) is 6.72. The van der Waals surface area contributed by atoms with E-state index in [2.05, 4.69) is 14.1 Å². The number of alkyl halides is 3. The summed E-state index contributed by atoms with van der Waals surface area (Å²) in [6, 6.07) is 6.26. The first-order chi connectivity index (χ1) is 17.5. The Morgan fingerprint density at radius 1 is 1.05 bits per heavy atom. The standard InChI is InChI=1S/C23H21F5N4O3S2/c24-17-4-1-13(9-18(17)25)20-10-14(23(26,27)28)5-7-32(20)19-6-8-35-21-11-15(2-3-16(19)21)37(33,34)31-22-29-12-30-36-22/h1-4,9,11-12,14,19-20H,5-8,10H2,(H,29,30,31)/t14?,19-,20-/m0/s1. The minimum absolute atomic E-state index is 0.0661. The van der Waals surface area contributed by atoms with Crippen molar-refractivity contribution in [2.45, 2.75) is 42.4 Å². The molecule has 2 aliphatic rings. The first kappa shape index (κ1) is 25.8. The van der Waals surface area contributed by atoms with Crippen molar-refractivity contribution in [2.75, 3.05) is 17.9 Å². The fourth-order valence-electron chi connectivity index (χ4n) is 4.96. The summed E-state index contributed by atoms with van der Waals surface area (Å²) in [5, 5.41) is 0.0958. The van der Waals surface area contributed by atoms with Crippen molar-refractivity contribution < 1.29 is 35.1 Å². The molecule has 0 radical (unpaired) electrons. The van der Waals surface area contributed by atoms with Crippen molar-refractivity contribution in [3.05, 3.63) is 65.5 Å². The average Bonchev–Trinajstić information content (AvgIpc) is 3.36. The van der Waals surface area contributed by atoms with E-state index in [1.807, 2.05) is 4.90 Å². The van der Waals surface area contributed by atoms with Crippen molar-refractivity contribution in [1.82, 2.24) is 14.3 Å². The van der Waals surface area contributed by atoms with E-state index >= 15 is 0 Å². The van der Waals surface area contributed by atoms with E-state index in [1.54, 1.807) is 6.07 Å². The SMILES string of the molecule is O=S(=O)(Nc1ncns1)c1ccc2c(c1)OCC[C@@H]2N1CCC(C(F)(F)F)C[C@H]1c1ccc(F)c(F)c1. The Bertz CT molecular complexity index is 1390. The molecule has 1 aromatic heterocycles. The third-order valence-corrected chi connectivity index (χ3v) is 8.77. The molecule has 3 atom stereocenters. The smallest absolute Gasteiger partial charge is 0.391 e. The number of hydrogen-bond donors (Lipinski definition) is 1. The highest BCUT2D eigenvalue weighted by Crippen LogP contribution is 2.48. The van der Waals surface area contributed by atoms with Crippen molar-refractivity contribution in [1.29, 1.82) is 0 Å². The molecule has 0 bridgehead atoms. The van der Waals surface area contributed by atoms with E-state index in [0.717, 1.165) is 23.7 Å². The molecule has 1 saturated heterocycles. The highest BCUT2D eigenvalue weighted by Gasteiger charge is 2.46. The molecule has 2 aromatic carbocycles. The predicted molar refractivity (Wildman–Crippen MR) is 125 cm³/mol. The van der Waals surface area contributed by atoms with E-state index < -0.39 is 45.8 Å². The van der Waals surface area contributed by atoms with E-state index in [1.165, 1.54) is 24.5 Å². The number of fused-ring (bicyclic) bond motifs is 1. The molecule has 7 nitrogen and oxygen atoms in total. The fourth-order valence-corrected chi connectivity index (χ4v) is 6.63. The van der Waals surface area contributed by atoms with Crippen LogP contribution in [0, 0.1) is 17.6 Å². The maximum Gasteiger partial charge on any atom is 0.391 e. The molecule has 14 heteroatoms. The Labute approximate surface area is 213 Å². The molecular formula is C23H21F5N4O3S2. The second-order valence-electron chi connectivity index (χ2n) is 8.89. The minimum Gasteiger partial charge on any atom is -0.493 e. The van der Waals surface area contributed by atoms with Gasteiger partial charge in [0.2, 0.25) is 5.13 Å². The fraction of sp³-hybridized carbons (Fsp3) is 0.391. The van der Waals surface area contributed by atoms with Gasteiger partial charge in [0.25, 0.3) is 10.0 Å². The van der Waals surface area contributed by atoms with E-state index in [9.17, 15) is 30.4 Å². The van der Waals surface area contributed by atoms with Gasteiger partial charge in [-0.25, -0.2) is 22.2 Å². The molecule has 3 heterocycles. The highest BCUT2D eigenvalue weighted by molar-refractivity contribution is 7.93. The molecular weight excluding hydrogens is 539 g/mol. The van der Waals surface area contributed by atoms with Gasteiger partial charge in [0, 0.05) is 41.7 Å². The van der Waals surface area contributed by atoms with E-state index in [-0.39, 0.29) is 41.6 Å². The van der Waals surface area contributed by atoms with Crippen molar-refractivity contribution in [3.8, 4) is 5.75 Å². The number of ether oxygens (including phenoxy) is 1. The van der Waals surface area contributed by atoms with Crippen LogP contribution in [0.3, 0.4) is 0 Å².